The van der Waals surface area contributed by atoms with Crippen LogP contribution in [0, 0.1) is 12.8 Å². The largest absolute Gasteiger partial charge is 0.348 e. The van der Waals surface area contributed by atoms with Crippen molar-refractivity contribution in [2.24, 2.45) is 11.7 Å². The van der Waals surface area contributed by atoms with E-state index in [9.17, 15) is 4.79 Å². The van der Waals surface area contributed by atoms with Gasteiger partial charge in [0.05, 0.1) is 5.69 Å². The Kier molecular flexibility index (Phi) is 4.96. The number of aromatic nitrogens is 1. The second kappa shape index (κ2) is 7.37. The number of thiazole rings is 1. The number of benzene rings is 1. The van der Waals surface area contributed by atoms with Crippen LogP contribution in [0.4, 0.5) is 5.13 Å². The van der Waals surface area contributed by atoms with Crippen LogP contribution in [-0.2, 0) is 4.79 Å². The third kappa shape index (κ3) is 3.48. The molecule has 26 heavy (non-hydrogen) atoms. The highest BCUT2D eigenvalue weighted by Crippen LogP contribution is 2.31. The number of hydrogen-bond acceptors (Lipinski definition) is 5. The van der Waals surface area contributed by atoms with Crippen LogP contribution in [0.25, 0.3) is 0 Å². The summed E-state index contributed by atoms with van der Waals surface area (Å²) in [4.78, 5) is 21.9. The molecule has 2 atom stereocenters. The average molecular weight is 371 g/mol. The van der Waals surface area contributed by atoms with Gasteiger partial charge in [0.15, 0.2) is 5.13 Å². The minimum absolute atomic E-state index is 0.0275. The Labute approximate surface area is 158 Å². The van der Waals surface area contributed by atoms with Crippen molar-refractivity contribution in [3.05, 3.63) is 47.0 Å². The number of amides is 1. The number of aryl methyl sites for hydroxylation is 1. The van der Waals surface area contributed by atoms with Gasteiger partial charge in [-0.25, -0.2) is 4.98 Å². The van der Waals surface area contributed by atoms with Gasteiger partial charge < -0.3 is 15.5 Å². The minimum Gasteiger partial charge on any atom is -0.348 e. The van der Waals surface area contributed by atoms with Gasteiger partial charge in [-0.2, -0.15) is 0 Å². The van der Waals surface area contributed by atoms with Crippen LogP contribution in [0.1, 0.15) is 30.0 Å². The van der Waals surface area contributed by atoms with Crippen LogP contribution in [0.3, 0.4) is 0 Å². The van der Waals surface area contributed by atoms with Crippen LogP contribution in [0.2, 0.25) is 0 Å². The molecule has 2 saturated heterocycles. The summed E-state index contributed by atoms with van der Waals surface area (Å²) in [7, 11) is 0. The predicted octanol–water partition coefficient (Wildman–Crippen LogP) is 2.62. The van der Waals surface area contributed by atoms with E-state index in [4.69, 9.17) is 5.73 Å². The van der Waals surface area contributed by atoms with Crippen LogP contribution >= 0.6 is 11.3 Å². The van der Waals surface area contributed by atoms with Crippen LogP contribution in [-0.4, -0.2) is 48.0 Å². The van der Waals surface area contributed by atoms with E-state index < -0.39 is 0 Å². The molecule has 2 aliphatic rings. The highest BCUT2D eigenvalue weighted by Gasteiger charge is 2.37. The molecule has 1 aromatic carbocycles. The third-order valence-corrected chi connectivity index (χ3v) is 6.65. The Morgan fingerprint density at radius 1 is 1.19 bits per heavy atom. The molecule has 6 heteroatoms. The maximum absolute atomic E-state index is 13.0. The first-order valence-electron chi connectivity index (χ1n) is 9.38. The number of nitrogens with zero attached hydrogens (tertiary/aromatic N) is 3. The number of rotatable bonds is 3. The molecular weight excluding hydrogens is 344 g/mol. The topological polar surface area (TPSA) is 62.5 Å². The van der Waals surface area contributed by atoms with Crippen LogP contribution < -0.4 is 10.6 Å². The number of piperidine rings is 1. The Bertz CT molecular complexity index is 754. The van der Waals surface area contributed by atoms with Crippen molar-refractivity contribution in [1.82, 2.24) is 9.88 Å². The summed E-state index contributed by atoms with van der Waals surface area (Å²) in [5.74, 6) is 0.654. The molecule has 1 amide bonds. The summed E-state index contributed by atoms with van der Waals surface area (Å²) < 4.78 is 0. The van der Waals surface area contributed by atoms with Crippen molar-refractivity contribution in [2.45, 2.75) is 31.7 Å². The molecule has 2 aliphatic heterocycles. The molecule has 138 valence electrons. The molecule has 4 rings (SSSR count). The van der Waals surface area contributed by atoms with E-state index in [2.05, 4.69) is 27.4 Å². The number of anilines is 1. The average Bonchev–Trinajstić information content (AvgIpc) is 3.28. The summed E-state index contributed by atoms with van der Waals surface area (Å²) in [5.41, 5.74) is 8.67. The van der Waals surface area contributed by atoms with Crippen molar-refractivity contribution in [1.29, 1.82) is 0 Å². The standard InChI is InChI=1S/C20H26N4OS/c1-14-13-26-20(22-14)23-9-7-16(8-10-23)19(25)24-11-17(18(21)12-24)15-5-3-2-4-6-15/h2-6,13,16-18H,7-12,21H2,1H3/t17-,18+/m0/s1. The molecule has 0 aliphatic carbocycles. The molecule has 3 heterocycles. The summed E-state index contributed by atoms with van der Waals surface area (Å²) in [6, 6.07) is 10.4. The van der Waals surface area contributed by atoms with E-state index in [-0.39, 0.29) is 23.8 Å². The Morgan fingerprint density at radius 2 is 1.92 bits per heavy atom. The lowest BCUT2D eigenvalue weighted by Crippen LogP contribution is -2.42. The quantitative estimate of drug-likeness (QED) is 0.902. The smallest absolute Gasteiger partial charge is 0.225 e. The fraction of sp³-hybridized carbons (Fsp3) is 0.500. The number of likely N-dealkylation sites (tertiary alicyclic amines) is 1. The van der Waals surface area contributed by atoms with Crippen LogP contribution in [0.15, 0.2) is 35.7 Å². The van der Waals surface area contributed by atoms with E-state index in [0.717, 1.165) is 43.3 Å². The van der Waals surface area contributed by atoms with Crippen LogP contribution in [0.5, 0.6) is 0 Å². The molecule has 0 radical (unpaired) electrons. The van der Waals surface area contributed by atoms with Gasteiger partial charge in [-0.05, 0) is 25.3 Å². The minimum atomic E-state index is 0.0275. The highest BCUT2D eigenvalue weighted by atomic mass is 32.1. The first-order valence-corrected chi connectivity index (χ1v) is 10.3. The number of carbonyl (C=O) groups excluding carboxylic acids is 1. The van der Waals surface area contributed by atoms with E-state index in [1.807, 2.05) is 30.0 Å². The van der Waals surface area contributed by atoms with Crippen molar-refractivity contribution >= 4 is 22.4 Å². The van der Waals surface area contributed by atoms with Gasteiger partial charge >= 0.3 is 0 Å². The second-order valence-corrected chi connectivity index (χ2v) is 8.29. The Hall–Kier alpha value is -1.92. The maximum Gasteiger partial charge on any atom is 0.225 e. The first-order chi connectivity index (χ1) is 12.6. The van der Waals surface area contributed by atoms with E-state index >= 15 is 0 Å². The molecule has 0 unspecified atom stereocenters. The van der Waals surface area contributed by atoms with E-state index in [0.29, 0.717) is 6.54 Å². The molecular formula is C20H26N4OS. The molecule has 2 N–H and O–H groups in total. The predicted molar refractivity (Wildman–Crippen MR) is 106 cm³/mol. The van der Waals surface area contributed by atoms with Gasteiger partial charge in [0.25, 0.3) is 0 Å². The first kappa shape index (κ1) is 17.5. The molecule has 0 saturated carbocycles. The fourth-order valence-electron chi connectivity index (χ4n) is 4.12. The van der Waals surface area contributed by atoms with Gasteiger partial charge in [-0.1, -0.05) is 30.3 Å². The second-order valence-electron chi connectivity index (χ2n) is 7.46. The number of nitrogens with two attached hydrogens (primary N) is 1. The Balaban J connectivity index is 1.35. The maximum atomic E-state index is 13.0. The van der Waals surface area contributed by atoms with Crippen molar-refractivity contribution in [3.8, 4) is 0 Å². The highest BCUT2D eigenvalue weighted by molar-refractivity contribution is 7.13. The van der Waals surface area contributed by atoms with Crippen molar-refractivity contribution < 1.29 is 4.79 Å². The van der Waals surface area contributed by atoms with E-state index in [1.54, 1.807) is 11.3 Å². The summed E-state index contributed by atoms with van der Waals surface area (Å²) in [6.07, 6.45) is 1.80. The molecule has 1 aromatic heterocycles. The SMILES string of the molecule is Cc1csc(N2CCC(C(=O)N3C[C@@H](N)[C@H](c4ccccc4)C3)CC2)n1. The molecule has 2 aromatic rings. The van der Waals surface area contributed by atoms with Gasteiger partial charge in [0.2, 0.25) is 5.91 Å². The van der Waals surface area contributed by atoms with Gasteiger partial charge in [0.1, 0.15) is 0 Å². The van der Waals surface area contributed by atoms with Gasteiger partial charge in [-0.15, -0.1) is 11.3 Å². The lowest BCUT2D eigenvalue weighted by atomic mass is 9.94. The summed E-state index contributed by atoms with van der Waals surface area (Å²) >= 11 is 1.69. The zero-order chi connectivity index (χ0) is 18.1. The lowest BCUT2D eigenvalue weighted by Gasteiger charge is -2.33. The zero-order valence-corrected chi connectivity index (χ0v) is 16.0. The Morgan fingerprint density at radius 3 is 2.58 bits per heavy atom. The summed E-state index contributed by atoms with van der Waals surface area (Å²) in [6.45, 7) is 5.26. The van der Waals surface area contributed by atoms with Crippen molar-refractivity contribution in [2.75, 3.05) is 31.1 Å². The normalized spacial score (nSPS) is 24.2. The number of carbonyl (C=O) groups is 1. The fourth-order valence-corrected chi connectivity index (χ4v) is 4.98. The third-order valence-electron chi connectivity index (χ3n) is 5.63. The molecule has 5 nitrogen and oxygen atoms in total. The zero-order valence-electron chi connectivity index (χ0n) is 15.2. The molecule has 0 spiro atoms. The van der Waals surface area contributed by atoms with Gasteiger partial charge in [-0.3, -0.25) is 4.79 Å². The number of hydrogen-bond donors (Lipinski definition) is 1. The lowest BCUT2D eigenvalue weighted by molar-refractivity contribution is -0.135. The molecule has 0 bridgehead atoms. The monoisotopic (exact) mass is 370 g/mol. The summed E-state index contributed by atoms with van der Waals surface area (Å²) in [5, 5.41) is 3.17. The van der Waals surface area contributed by atoms with Gasteiger partial charge in [0, 0.05) is 49.4 Å². The molecule has 2 fully saturated rings. The van der Waals surface area contributed by atoms with Crippen molar-refractivity contribution in [3.63, 3.8) is 0 Å². The van der Waals surface area contributed by atoms with E-state index in [1.165, 1.54) is 5.56 Å².